The molecule has 6 heteroatoms. The molecule has 0 aromatic heterocycles. The number of hydrogen-bond donors (Lipinski definition) is 3. The topological polar surface area (TPSA) is 70.2 Å². The molecule has 0 saturated carbocycles. The fraction of sp³-hybridized carbons (Fsp3) is 0.222. The highest BCUT2D eigenvalue weighted by molar-refractivity contribution is 5.92. The number of hydrogen-bond acceptors (Lipinski definition) is 2. The van der Waals surface area contributed by atoms with E-state index in [2.05, 4.69) is 16.0 Å². The fourth-order valence-corrected chi connectivity index (χ4v) is 2.11. The summed E-state index contributed by atoms with van der Waals surface area (Å²) in [5.74, 6) is -0.602. The summed E-state index contributed by atoms with van der Waals surface area (Å²) >= 11 is 0. The molecule has 0 spiro atoms. The number of halogens is 1. The molecule has 24 heavy (non-hydrogen) atoms. The molecule has 2 aromatic rings. The lowest BCUT2D eigenvalue weighted by Gasteiger charge is -2.09. The summed E-state index contributed by atoms with van der Waals surface area (Å²) in [4.78, 5) is 23.4. The van der Waals surface area contributed by atoms with Crippen molar-refractivity contribution in [2.75, 3.05) is 18.4 Å². The molecular formula is C18H20FN3O2. The lowest BCUT2D eigenvalue weighted by Crippen LogP contribution is -2.39. The van der Waals surface area contributed by atoms with Gasteiger partial charge in [-0.1, -0.05) is 30.3 Å². The molecule has 0 fully saturated rings. The molecule has 0 heterocycles. The summed E-state index contributed by atoms with van der Waals surface area (Å²) in [6.07, 6.45) is 0.730. The Kier molecular flexibility index (Phi) is 6.31. The number of aryl methyl sites for hydroxylation is 1. The number of amides is 3. The van der Waals surface area contributed by atoms with Gasteiger partial charge in [-0.25, -0.2) is 9.18 Å². The minimum Gasteiger partial charge on any atom is -0.354 e. The first-order valence-corrected chi connectivity index (χ1v) is 7.66. The van der Waals surface area contributed by atoms with Gasteiger partial charge in [-0.05, 0) is 42.7 Å². The highest BCUT2D eigenvalue weighted by Crippen LogP contribution is 2.13. The lowest BCUT2D eigenvalue weighted by molar-refractivity contribution is -0.120. The molecule has 0 unspecified atom stereocenters. The first kappa shape index (κ1) is 17.5. The van der Waals surface area contributed by atoms with Crippen molar-refractivity contribution in [3.05, 3.63) is 65.5 Å². The van der Waals surface area contributed by atoms with Crippen LogP contribution in [0.1, 0.15) is 11.1 Å². The van der Waals surface area contributed by atoms with Crippen LogP contribution in [0, 0.1) is 12.7 Å². The van der Waals surface area contributed by atoms with Crippen molar-refractivity contribution >= 4 is 17.6 Å². The predicted octanol–water partition coefficient (Wildman–Crippen LogP) is 2.61. The van der Waals surface area contributed by atoms with E-state index in [4.69, 9.17) is 0 Å². The van der Waals surface area contributed by atoms with Gasteiger partial charge in [0.1, 0.15) is 5.82 Å². The minimum absolute atomic E-state index is 0.124. The van der Waals surface area contributed by atoms with E-state index in [9.17, 15) is 14.0 Å². The summed E-state index contributed by atoms with van der Waals surface area (Å²) in [5.41, 5.74) is 2.04. The summed E-state index contributed by atoms with van der Waals surface area (Å²) in [5, 5.41) is 7.74. The summed E-state index contributed by atoms with van der Waals surface area (Å²) < 4.78 is 13.1. The van der Waals surface area contributed by atoms with E-state index in [1.54, 1.807) is 6.92 Å². The summed E-state index contributed by atoms with van der Waals surface area (Å²) in [6, 6.07) is 13.6. The average Bonchev–Trinajstić information content (AvgIpc) is 2.57. The van der Waals surface area contributed by atoms with Gasteiger partial charge in [0.25, 0.3) is 0 Å². The third kappa shape index (κ3) is 5.72. The van der Waals surface area contributed by atoms with Crippen molar-refractivity contribution in [1.29, 1.82) is 0 Å². The number of benzene rings is 2. The van der Waals surface area contributed by atoms with Crippen LogP contribution < -0.4 is 16.0 Å². The molecule has 0 aliphatic heterocycles. The highest BCUT2D eigenvalue weighted by Gasteiger charge is 2.06. The van der Waals surface area contributed by atoms with E-state index in [0.717, 1.165) is 12.0 Å². The van der Waals surface area contributed by atoms with Gasteiger partial charge in [0.2, 0.25) is 5.91 Å². The van der Waals surface area contributed by atoms with Gasteiger partial charge < -0.3 is 16.0 Å². The highest BCUT2D eigenvalue weighted by atomic mass is 19.1. The average molecular weight is 329 g/mol. The Morgan fingerprint density at radius 3 is 2.50 bits per heavy atom. The Balaban J connectivity index is 1.67. The third-order valence-electron chi connectivity index (χ3n) is 3.40. The van der Waals surface area contributed by atoms with Crippen molar-refractivity contribution in [3.8, 4) is 0 Å². The van der Waals surface area contributed by atoms with Crippen molar-refractivity contribution < 1.29 is 14.0 Å². The van der Waals surface area contributed by atoms with Crippen molar-refractivity contribution in [2.24, 2.45) is 0 Å². The number of carbonyl (C=O) groups is 2. The normalized spacial score (nSPS) is 10.1. The zero-order valence-electron chi connectivity index (χ0n) is 13.4. The number of carbonyl (C=O) groups excluding carboxylic acids is 2. The van der Waals surface area contributed by atoms with E-state index in [0.29, 0.717) is 17.8 Å². The number of urea groups is 1. The van der Waals surface area contributed by atoms with E-state index < -0.39 is 6.03 Å². The Labute approximate surface area is 140 Å². The lowest BCUT2D eigenvalue weighted by atomic mass is 10.1. The Morgan fingerprint density at radius 2 is 1.79 bits per heavy atom. The molecule has 5 nitrogen and oxygen atoms in total. The standard InChI is InChI=1S/C18H20FN3O2/c1-13-11-15(7-8-16(13)19)22-18(24)21-12-17(23)20-10-9-14-5-3-2-4-6-14/h2-8,11H,9-10,12H2,1H3,(H,20,23)(H2,21,22,24). The fourth-order valence-electron chi connectivity index (χ4n) is 2.11. The Bertz CT molecular complexity index is 705. The molecule has 0 aliphatic carbocycles. The Hall–Kier alpha value is -2.89. The zero-order valence-corrected chi connectivity index (χ0v) is 13.4. The summed E-state index contributed by atoms with van der Waals surface area (Å²) in [7, 11) is 0. The Morgan fingerprint density at radius 1 is 1.04 bits per heavy atom. The quantitative estimate of drug-likeness (QED) is 0.762. The maximum absolute atomic E-state index is 13.1. The number of nitrogens with one attached hydrogen (secondary N) is 3. The molecule has 0 atom stereocenters. The third-order valence-corrected chi connectivity index (χ3v) is 3.40. The molecule has 0 bridgehead atoms. The van der Waals surface area contributed by atoms with Crippen LogP contribution in [0.3, 0.4) is 0 Å². The van der Waals surface area contributed by atoms with Crippen LogP contribution in [-0.2, 0) is 11.2 Å². The van der Waals surface area contributed by atoms with Crippen LogP contribution in [0.2, 0.25) is 0 Å². The SMILES string of the molecule is Cc1cc(NC(=O)NCC(=O)NCCc2ccccc2)ccc1F. The second-order valence-electron chi connectivity index (χ2n) is 5.36. The molecule has 0 radical (unpaired) electrons. The van der Waals surface area contributed by atoms with Crippen LogP contribution in [0.5, 0.6) is 0 Å². The van der Waals surface area contributed by atoms with Crippen LogP contribution in [0.25, 0.3) is 0 Å². The number of rotatable bonds is 6. The largest absolute Gasteiger partial charge is 0.354 e. The van der Waals surface area contributed by atoms with Gasteiger partial charge in [-0.2, -0.15) is 0 Å². The van der Waals surface area contributed by atoms with E-state index in [1.807, 2.05) is 30.3 Å². The van der Waals surface area contributed by atoms with Gasteiger partial charge in [-0.3, -0.25) is 4.79 Å². The minimum atomic E-state index is -0.515. The molecule has 3 amide bonds. The second kappa shape index (κ2) is 8.67. The van der Waals surface area contributed by atoms with Gasteiger partial charge in [0.15, 0.2) is 0 Å². The first-order valence-electron chi connectivity index (χ1n) is 7.66. The van der Waals surface area contributed by atoms with Crippen molar-refractivity contribution in [2.45, 2.75) is 13.3 Å². The maximum atomic E-state index is 13.1. The van der Waals surface area contributed by atoms with Crippen LogP contribution in [-0.4, -0.2) is 25.0 Å². The van der Waals surface area contributed by atoms with Gasteiger partial charge in [0.05, 0.1) is 6.54 Å². The second-order valence-corrected chi connectivity index (χ2v) is 5.36. The predicted molar refractivity (Wildman–Crippen MR) is 91.3 cm³/mol. The van der Waals surface area contributed by atoms with E-state index in [1.165, 1.54) is 18.2 Å². The van der Waals surface area contributed by atoms with Crippen LogP contribution >= 0.6 is 0 Å². The molecule has 0 aliphatic rings. The van der Waals surface area contributed by atoms with Crippen molar-refractivity contribution in [1.82, 2.24) is 10.6 Å². The molecule has 2 rings (SSSR count). The number of anilines is 1. The van der Waals surface area contributed by atoms with Crippen LogP contribution in [0.15, 0.2) is 48.5 Å². The molecule has 3 N–H and O–H groups in total. The maximum Gasteiger partial charge on any atom is 0.319 e. The van der Waals surface area contributed by atoms with Crippen molar-refractivity contribution in [3.63, 3.8) is 0 Å². The molecule has 2 aromatic carbocycles. The zero-order chi connectivity index (χ0) is 17.4. The summed E-state index contributed by atoms with van der Waals surface area (Å²) in [6.45, 7) is 1.99. The van der Waals surface area contributed by atoms with Gasteiger partial charge in [-0.15, -0.1) is 0 Å². The smallest absolute Gasteiger partial charge is 0.319 e. The first-order chi connectivity index (χ1) is 11.5. The van der Waals surface area contributed by atoms with E-state index in [-0.39, 0.29) is 18.3 Å². The van der Waals surface area contributed by atoms with Gasteiger partial charge >= 0.3 is 6.03 Å². The molecule has 126 valence electrons. The monoisotopic (exact) mass is 329 g/mol. The molecule has 0 saturated heterocycles. The van der Waals surface area contributed by atoms with Crippen LogP contribution in [0.4, 0.5) is 14.9 Å². The van der Waals surface area contributed by atoms with Gasteiger partial charge in [0, 0.05) is 12.2 Å². The molecular weight excluding hydrogens is 309 g/mol. The van der Waals surface area contributed by atoms with E-state index >= 15 is 0 Å².